The van der Waals surface area contributed by atoms with E-state index >= 15 is 0 Å². The Hall–Kier alpha value is -0.660. The van der Waals surface area contributed by atoms with Crippen LogP contribution in [0.1, 0.15) is 33.1 Å². The molecule has 0 radical (unpaired) electrons. The number of nitrogens with one attached hydrogen (secondary N) is 2. The Morgan fingerprint density at radius 2 is 2.00 bits per heavy atom. The zero-order valence-electron chi connectivity index (χ0n) is 11.0. The van der Waals surface area contributed by atoms with Crippen LogP contribution in [0.2, 0.25) is 0 Å². The van der Waals surface area contributed by atoms with Crippen molar-refractivity contribution in [1.82, 2.24) is 10.0 Å². The van der Waals surface area contributed by atoms with Crippen LogP contribution in [0.25, 0.3) is 0 Å². The minimum Gasteiger partial charge on any atom is -0.466 e. The first kappa shape index (κ1) is 15.4. The molecule has 0 bridgehead atoms. The van der Waals surface area contributed by atoms with Crippen LogP contribution in [0, 0.1) is 0 Å². The van der Waals surface area contributed by atoms with Gasteiger partial charge in [-0.05, 0) is 39.8 Å². The summed E-state index contributed by atoms with van der Waals surface area (Å²) in [5.74, 6) is -0.687. The van der Waals surface area contributed by atoms with Crippen molar-refractivity contribution >= 4 is 16.0 Å². The van der Waals surface area contributed by atoms with Gasteiger partial charge in [0.05, 0.1) is 18.8 Å². The SMILES string of the molecule is CCOC(=O)CCS(=O)(=O)NC1(C)CCNCC1. The second-order valence-electron chi connectivity index (χ2n) is 4.79. The Bertz CT molecular complexity index is 375. The van der Waals surface area contributed by atoms with Gasteiger partial charge in [0, 0.05) is 5.54 Å². The van der Waals surface area contributed by atoms with Crippen molar-refractivity contribution < 1.29 is 17.9 Å². The maximum atomic E-state index is 11.9. The number of ether oxygens (including phenoxy) is 1. The molecule has 2 N–H and O–H groups in total. The summed E-state index contributed by atoms with van der Waals surface area (Å²) in [5.41, 5.74) is -0.404. The van der Waals surface area contributed by atoms with E-state index < -0.39 is 21.5 Å². The molecule has 1 fully saturated rings. The second kappa shape index (κ2) is 6.49. The molecule has 0 amide bonds. The zero-order valence-corrected chi connectivity index (χ0v) is 11.8. The van der Waals surface area contributed by atoms with E-state index in [-0.39, 0.29) is 18.8 Å². The molecule has 1 saturated heterocycles. The Balaban J connectivity index is 2.46. The maximum absolute atomic E-state index is 11.9. The van der Waals surface area contributed by atoms with Gasteiger partial charge in [-0.3, -0.25) is 4.79 Å². The molecule has 0 spiro atoms. The van der Waals surface area contributed by atoms with E-state index in [2.05, 4.69) is 10.0 Å². The summed E-state index contributed by atoms with van der Waals surface area (Å²) in [6, 6.07) is 0. The fourth-order valence-corrected chi connectivity index (χ4v) is 3.45. The lowest BCUT2D eigenvalue weighted by molar-refractivity contribution is -0.142. The van der Waals surface area contributed by atoms with Crippen molar-refractivity contribution in [2.45, 2.75) is 38.6 Å². The predicted molar refractivity (Wildman–Crippen MR) is 68.7 cm³/mol. The van der Waals surface area contributed by atoms with Gasteiger partial charge in [-0.25, -0.2) is 13.1 Å². The number of piperidine rings is 1. The van der Waals surface area contributed by atoms with Gasteiger partial charge in [0.15, 0.2) is 0 Å². The highest BCUT2D eigenvalue weighted by atomic mass is 32.2. The summed E-state index contributed by atoms with van der Waals surface area (Å²) in [6.45, 7) is 5.47. The number of hydrogen-bond acceptors (Lipinski definition) is 5. The molecule has 1 aliphatic rings. The summed E-state index contributed by atoms with van der Waals surface area (Å²) < 4.78 is 31.2. The molecule has 106 valence electrons. The van der Waals surface area contributed by atoms with Crippen molar-refractivity contribution in [3.8, 4) is 0 Å². The fourth-order valence-electron chi connectivity index (χ4n) is 1.96. The third kappa shape index (κ3) is 5.32. The predicted octanol–water partition coefficient (Wildman–Crippen LogP) is 0.00110. The van der Waals surface area contributed by atoms with Crippen molar-refractivity contribution in [1.29, 1.82) is 0 Å². The molecule has 0 atom stereocenters. The monoisotopic (exact) mass is 278 g/mol. The first-order valence-corrected chi connectivity index (χ1v) is 7.90. The molecule has 0 aliphatic carbocycles. The van der Waals surface area contributed by atoms with E-state index in [9.17, 15) is 13.2 Å². The van der Waals surface area contributed by atoms with Crippen LogP contribution in [-0.4, -0.2) is 45.4 Å². The molecule has 0 aromatic rings. The third-order valence-corrected chi connectivity index (χ3v) is 4.53. The van der Waals surface area contributed by atoms with Gasteiger partial charge in [-0.15, -0.1) is 0 Å². The molecule has 0 aromatic carbocycles. The van der Waals surface area contributed by atoms with Crippen LogP contribution in [0.3, 0.4) is 0 Å². The van der Waals surface area contributed by atoms with Crippen LogP contribution in [0.4, 0.5) is 0 Å². The average molecular weight is 278 g/mol. The van der Waals surface area contributed by atoms with Gasteiger partial charge in [-0.1, -0.05) is 0 Å². The fraction of sp³-hybridized carbons (Fsp3) is 0.909. The number of hydrogen-bond donors (Lipinski definition) is 2. The Labute approximate surface area is 109 Å². The van der Waals surface area contributed by atoms with Crippen LogP contribution >= 0.6 is 0 Å². The molecular weight excluding hydrogens is 256 g/mol. The highest BCUT2D eigenvalue weighted by Crippen LogP contribution is 2.18. The summed E-state index contributed by atoms with van der Waals surface area (Å²) in [4.78, 5) is 11.1. The largest absolute Gasteiger partial charge is 0.466 e. The Kier molecular flexibility index (Phi) is 5.55. The van der Waals surface area contributed by atoms with Gasteiger partial charge in [0.25, 0.3) is 0 Å². The first-order chi connectivity index (χ1) is 8.37. The Morgan fingerprint density at radius 3 is 2.56 bits per heavy atom. The molecule has 0 saturated carbocycles. The molecular formula is C11H22N2O4S. The van der Waals surface area contributed by atoms with E-state index in [1.807, 2.05) is 6.92 Å². The summed E-state index contributed by atoms with van der Waals surface area (Å²) in [6.07, 6.45) is 1.41. The third-order valence-electron chi connectivity index (χ3n) is 2.99. The topological polar surface area (TPSA) is 84.5 Å². The molecule has 6 nitrogen and oxygen atoms in total. The standard InChI is InChI=1S/C11H22N2O4S/c1-3-17-10(14)4-9-18(15,16)13-11(2)5-7-12-8-6-11/h12-13H,3-9H2,1-2H3. The van der Waals surface area contributed by atoms with Crippen molar-refractivity contribution in [2.24, 2.45) is 0 Å². The van der Waals surface area contributed by atoms with Gasteiger partial charge >= 0.3 is 5.97 Å². The molecule has 1 aliphatic heterocycles. The molecule has 1 rings (SSSR count). The summed E-state index contributed by atoms with van der Waals surface area (Å²) >= 11 is 0. The summed E-state index contributed by atoms with van der Waals surface area (Å²) in [5, 5.41) is 3.18. The van der Waals surface area contributed by atoms with Crippen molar-refractivity contribution in [3.63, 3.8) is 0 Å². The molecule has 0 unspecified atom stereocenters. The first-order valence-electron chi connectivity index (χ1n) is 6.25. The van der Waals surface area contributed by atoms with E-state index in [1.54, 1.807) is 6.92 Å². The number of sulfonamides is 1. The highest BCUT2D eigenvalue weighted by molar-refractivity contribution is 7.89. The lowest BCUT2D eigenvalue weighted by atomic mass is 9.92. The molecule has 1 heterocycles. The van der Waals surface area contributed by atoms with Gasteiger partial charge in [-0.2, -0.15) is 0 Å². The van der Waals surface area contributed by atoms with Crippen LogP contribution in [0.5, 0.6) is 0 Å². The second-order valence-corrected chi connectivity index (χ2v) is 6.63. The van der Waals surface area contributed by atoms with Gasteiger partial charge in [0.1, 0.15) is 0 Å². The number of rotatable bonds is 6. The van der Waals surface area contributed by atoms with Gasteiger partial charge in [0.2, 0.25) is 10.0 Å². The lowest BCUT2D eigenvalue weighted by Gasteiger charge is -2.34. The average Bonchev–Trinajstić information content (AvgIpc) is 2.26. The van der Waals surface area contributed by atoms with E-state index in [0.717, 1.165) is 25.9 Å². The normalized spacial score (nSPS) is 19.4. The maximum Gasteiger partial charge on any atom is 0.306 e. The number of carbonyl (C=O) groups is 1. The van der Waals surface area contributed by atoms with E-state index in [1.165, 1.54) is 0 Å². The minimum absolute atomic E-state index is 0.0997. The number of carbonyl (C=O) groups excluding carboxylic acids is 1. The van der Waals surface area contributed by atoms with Crippen LogP contribution < -0.4 is 10.0 Å². The van der Waals surface area contributed by atoms with Gasteiger partial charge < -0.3 is 10.1 Å². The molecule has 7 heteroatoms. The van der Waals surface area contributed by atoms with Crippen LogP contribution in [0.15, 0.2) is 0 Å². The van der Waals surface area contributed by atoms with Crippen LogP contribution in [-0.2, 0) is 19.6 Å². The summed E-state index contributed by atoms with van der Waals surface area (Å²) in [7, 11) is -3.43. The zero-order chi connectivity index (χ0) is 13.6. The smallest absolute Gasteiger partial charge is 0.306 e. The molecule has 0 aromatic heterocycles. The van der Waals surface area contributed by atoms with E-state index in [0.29, 0.717) is 0 Å². The minimum atomic E-state index is -3.43. The number of esters is 1. The van der Waals surface area contributed by atoms with Crippen molar-refractivity contribution in [2.75, 3.05) is 25.4 Å². The quantitative estimate of drug-likeness (QED) is 0.668. The molecule has 18 heavy (non-hydrogen) atoms. The highest BCUT2D eigenvalue weighted by Gasteiger charge is 2.31. The van der Waals surface area contributed by atoms with Crippen molar-refractivity contribution in [3.05, 3.63) is 0 Å². The van der Waals surface area contributed by atoms with E-state index in [4.69, 9.17) is 4.74 Å². The Morgan fingerprint density at radius 1 is 1.39 bits per heavy atom. The lowest BCUT2D eigenvalue weighted by Crippen LogP contribution is -2.52.